The second-order valence-corrected chi connectivity index (χ2v) is 4.95. The Bertz CT molecular complexity index is 564. The van der Waals surface area contributed by atoms with Crippen LogP contribution in [0.15, 0.2) is 51.6 Å². The van der Waals surface area contributed by atoms with Crippen LogP contribution in [0.2, 0.25) is 0 Å². The largest absolute Gasteiger partial charge is 0.124 e. The molecule has 14 heavy (non-hydrogen) atoms. The van der Waals surface area contributed by atoms with E-state index in [1.807, 2.05) is 5.41 Å². The van der Waals surface area contributed by atoms with Crippen LogP contribution in [0, 0.1) is 0 Å². The molecule has 0 atom stereocenters. The van der Waals surface area contributed by atoms with Crippen molar-refractivity contribution < 1.29 is 0 Å². The summed E-state index contributed by atoms with van der Waals surface area (Å²) in [5.74, 6) is 0. The standard InChI is InChI=1S/C12H8S2/c1-2-4-10-9(3-1)5-6-11-12(10)14-8-7-13-11/h1-7,14H. The smallest absolute Gasteiger partial charge is 0.0278 e. The molecule has 0 N–H and O–H groups in total. The van der Waals surface area contributed by atoms with Crippen molar-refractivity contribution in [1.82, 2.24) is 0 Å². The van der Waals surface area contributed by atoms with E-state index >= 15 is 0 Å². The molecule has 0 unspecified atom stereocenters. The number of hydrogen-bond acceptors (Lipinski definition) is 1. The summed E-state index contributed by atoms with van der Waals surface area (Å²) in [5.41, 5.74) is 0. The van der Waals surface area contributed by atoms with Crippen LogP contribution in [0.3, 0.4) is 0 Å². The van der Waals surface area contributed by atoms with Gasteiger partial charge >= 0.3 is 0 Å². The lowest BCUT2D eigenvalue weighted by atomic mass is 10.1. The molecule has 0 aliphatic carbocycles. The lowest BCUT2D eigenvalue weighted by molar-refractivity contribution is 1.32. The molecule has 0 amide bonds. The van der Waals surface area contributed by atoms with Gasteiger partial charge in [-0.05, 0) is 16.8 Å². The Labute approximate surface area is 90.6 Å². The van der Waals surface area contributed by atoms with Gasteiger partial charge in [-0.15, -0.1) is 11.4 Å². The number of thiol groups is 1. The highest BCUT2D eigenvalue weighted by Crippen LogP contribution is 2.36. The first-order valence-electron chi connectivity index (χ1n) is 4.41. The zero-order valence-electron chi connectivity index (χ0n) is 7.40. The summed E-state index contributed by atoms with van der Waals surface area (Å²) < 4.78 is 0. The van der Waals surface area contributed by atoms with Gasteiger partial charge in [0, 0.05) is 15.2 Å². The molecule has 68 valence electrons. The SMILES string of the molecule is C1=CSc2ccc3ccccc3c2[SH]=1. The third kappa shape index (κ3) is 1.24. The van der Waals surface area contributed by atoms with E-state index in [1.54, 1.807) is 11.8 Å². The van der Waals surface area contributed by atoms with Crippen molar-refractivity contribution in [1.29, 1.82) is 0 Å². The van der Waals surface area contributed by atoms with Gasteiger partial charge in [0.25, 0.3) is 0 Å². The quantitative estimate of drug-likeness (QED) is 0.517. The molecule has 2 heteroatoms. The lowest BCUT2D eigenvalue weighted by Gasteiger charge is -2.08. The van der Waals surface area contributed by atoms with Crippen molar-refractivity contribution in [2.75, 3.05) is 0 Å². The maximum atomic E-state index is 3.24. The number of fused-ring (bicyclic) bond motifs is 3. The molecule has 0 nitrogen and oxygen atoms in total. The molecule has 1 heterocycles. The zero-order valence-corrected chi connectivity index (χ0v) is 9.11. The highest BCUT2D eigenvalue weighted by Gasteiger charge is 2.05. The second kappa shape index (κ2) is 3.32. The lowest BCUT2D eigenvalue weighted by Crippen LogP contribution is -1.81. The molecule has 0 bridgehead atoms. The normalized spacial score (nSPS) is 13.7. The van der Waals surface area contributed by atoms with E-state index in [-0.39, 0.29) is 0 Å². The number of rotatable bonds is 0. The Kier molecular flexibility index (Phi) is 1.98. The molecule has 1 aliphatic rings. The molecule has 2 aromatic carbocycles. The third-order valence-corrected chi connectivity index (χ3v) is 4.40. The van der Waals surface area contributed by atoms with E-state index in [1.165, 1.54) is 31.9 Å². The highest BCUT2D eigenvalue weighted by atomic mass is 32.2. The second-order valence-electron chi connectivity index (χ2n) is 3.11. The van der Waals surface area contributed by atoms with E-state index in [2.05, 4.69) is 41.4 Å². The molecule has 0 aromatic heterocycles. The minimum atomic E-state index is 1.20. The van der Waals surface area contributed by atoms with Gasteiger partial charge in [-0.25, -0.2) is 0 Å². The summed E-state index contributed by atoms with van der Waals surface area (Å²) in [5, 5.41) is 7.97. The van der Waals surface area contributed by atoms with Crippen molar-refractivity contribution >= 4 is 38.9 Å². The van der Waals surface area contributed by atoms with Gasteiger partial charge in [0.1, 0.15) is 0 Å². The Morgan fingerprint density at radius 1 is 1.07 bits per heavy atom. The average molecular weight is 216 g/mol. The maximum Gasteiger partial charge on any atom is 0.0278 e. The number of thioether (sulfide) groups is 1. The van der Waals surface area contributed by atoms with E-state index in [0.29, 0.717) is 0 Å². The molecular weight excluding hydrogens is 208 g/mol. The topological polar surface area (TPSA) is 0 Å². The fraction of sp³-hybridized carbons (Fsp3) is 0. The first-order valence-corrected chi connectivity index (χ1v) is 6.19. The van der Waals surface area contributed by atoms with Crippen molar-refractivity contribution in [2.45, 2.75) is 9.79 Å². The molecule has 1 aliphatic heterocycles. The minimum Gasteiger partial charge on any atom is -0.124 e. The number of hydrogen-bond donors (Lipinski definition) is 1. The van der Waals surface area contributed by atoms with Crippen molar-refractivity contribution in [3.8, 4) is 0 Å². The summed E-state index contributed by atoms with van der Waals surface area (Å²) >= 11 is 2.96. The average Bonchev–Trinajstić information content (AvgIpc) is 2.29. The van der Waals surface area contributed by atoms with Gasteiger partial charge in [-0.1, -0.05) is 47.1 Å². The van der Waals surface area contributed by atoms with Gasteiger partial charge in [-0.2, -0.15) is 0 Å². The Morgan fingerprint density at radius 2 is 2.00 bits per heavy atom. The molecular formula is C12H8S2. The first-order chi connectivity index (χ1) is 6.95. The Balaban J connectivity index is 2.47. The van der Waals surface area contributed by atoms with Crippen LogP contribution in [0.25, 0.3) is 10.8 Å². The summed E-state index contributed by atoms with van der Waals surface area (Å²) in [6, 6.07) is 12.9. The highest BCUT2D eigenvalue weighted by molar-refractivity contribution is 8.06. The third-order valence-electron chi connectivity index (χ3n) is 2.28. The number of benzene rings is 2. The van der Waals surface area contributed by atoms with Crippen LogP contribution < -0.4 is 0 Å². The molecule has 0 saturated heterocycles. The van der Waals surface area contributed by atoms with Crippen LogP contribution >= 0.6 is 23.1 Å². The Morgan fingerprint density at radius 3 is 3.00 bits per heavy atom. The zero-order chi connectivity index (χ0) is 9.38. The molecule has 0 radical (unpaired) electrons. The monoisotopic (exact) mass is 216 g/mol. The van der Waals surface area contributed by atoms with E-state index in [0.717, 1.165) is 0 Å². The summed E-state index contributed by atoms with van der Waals surface area (Å²) in [6.45, 7) is 0. The minimum absolute atomic E-state index is 1.20. The summed E-state index contributed by atoms with van der Waals surface area (Å²) in [7, 11) is 0. The van der Waals surface area contributed by atoms with Crippen molar-refractivity contribution in [2.24, 2.45) is 0 Å². The summed E-state index contributed by atoms with van der Waals surface area (Å²) in [6.07, 6.45) is 0. The van der Waals surface area contributed by atoms with Crippen LogP contribution in [-0.2, 0) is 0 Å². The molecule has 2 aromatic rings. The van der Waals surface area contributed by atoms with Gasteiger partial charge in [0.05, 0.1) is 0 Å². The predicted octanol–water partition coefficient (Wildman–Crippen LogP) is 3.68. The van der Waals surface area contributed by atoms with Crippen LogP contribution in [0.4, 0.5) is 0 Å². The van der Waals surface area contributed by atoms with Gasteiger partial charge in [0.2, 0.25) is 0 Å². The van der Waals surface area contributed by atoms with E-state index < -0.39 is 0 Å². The van der Waals surface area contributed by atoms with Crippen LogP contribution in [-0.4, -0.2) is 5.02 Å². The molecule has 0 spiro atoms. The van der Waals surface area contributed by atoms with Crippen LogP contribution in [0.5, 0.6) is 0 Å². The van der Waals surface area contributed by atoms with Gasteiger partial charge < -0.3 is 0 Å². The fourth-order valence-corrected chi connectivity index (χ4v) is 3.48. The molecule has 3 rings (SSSR count). The maximum absolute atomic E-state index is 3.24. The van der Waals surface area contributed by atoms with E-state index in [4.69, 9.17) is 0 Å². The Hall–Kier alpha value is -0.950. The van der Waals surface area contributed by atoms with Crippen molar-refractivity contribution in [3.63, 3.8) is 0 Å². The molecule has 0 saturated carbocycles. The first kappa shape index (κ1) is 8.37. The van der Waals surface area contributed by atoms with Gasteiger partial charge in [0.15, 0.2) is 0 Å². The van der Waals surface area contributed by atoms with E-state index in [9.17, 15) is 0 Å². The van der Waals surface area contributed by atoms with Gasteiger partial charge in [-0.3, -0.25) is 0 Å². The van der Waals surface area contributed by atoms with Crippen molar-refractivity contribution in [3.05, 3.63) is 41.8 Å². The fourth-order valence-electron chi connectivity index (χ4n) is 1.63. The summed E-state index contributed by atoms with van der Waals surface area (Å²) in [4.78, 5) is 2.76. The van der Waals surface area contributed by atoms with Crippen LogP contribution in [0.1, 0.15) is 0 Å². The molecule has 0 fully saturated rings. The predicted molar refractivity (Wildman–Crippen MR) is 66.6 cm³/mol.